The molecule has 0 saturated heterocycles. The second-order valence-electron chi connectivity index (χ2n) is 12.9. The summed E-state index contributed by atoms with van der Waals surface area (Å²) >= 11 is 0. The number of hydrogen-bond donors (Lipinski definition) is 3. The van der Waals surface area contributed by atoms with E-state index in [0.29, 0.717) is 25.9 Å². The molecular weight excluding hydrogens is 532 g/mol. The third-order valence-electron chi connectivity index (χ3n) is 8.69. The van der Waals surface area contributed by atoms with Gasteiger partial charge in [0.25, 0.3) is 0 Å². The molecule has 0 aromatic rings. The van der Waals surface area contributed by atoms with Gasteiger partial charge in [-0.05, 0) is 19.9 Å². The fourth-order valence-electron chi connectivity index (χ4n) is 5.69. The number of likely N-dealkylation sites (N-methyl/N-ethyl adjacent to an activating group) is 1. The van der Waals surface area contributed by atoms with Gasteiger partial charge in [-0.1, -0.05) is 155 Å². The molecule has 0 aliphatic rings. The van der Waals surface area contributed by atoms with E-state index in [-0.39, 0.29) is 11.8 Å². The van der Waals surface area contributed by atoms with Crippen molar-refractivity contribution < 1.29 is 9.59 Å². The zero-order chi connectivity index (χ0) is 31.5. The number of rotatable bonds is 35. The van der Waals surface area contributed by atoms with Gasteiger partial charge < -0.3 is 20.9 Å². The van der Waals surface area contributed by atoms with Gasteiger partial charge in [0.1, 0.15) is 0 Å². The highest BCUT2D eigenvalue weighted by atomic mass is 16.2. The topological polar surface area (TPSA) is 73.5 Å². The van der Waals surface area contributed by atoms with E-state index in [9.17, 15) is 9.59 Å². The molecule has 0 fully saturated rings. The van der Waals surface area contributed by atoms with Crippen LogP contribution in [0.25, 0.3) is 0 Å². The summed E-state index contributed by atoms with van der Waals surface area (Å²) in [6.45, 7) is 9.25. The quantitative estimate of drug-likeness (QED) is 0.0628. The molecule has 6 heteroatoms. The number of unbranched alkanes of at least 4 members (excludes halogenated alkanes) is 22. The molecule has 0 rings (SSSR count). The average molecular weight is 609 g/mol. The van der Waals surface area contributed by atoms with Crippen molar-refractivity contribution in [3.8, 4) is 0 Å². The monoisotopic (exact) mass is 609 g/mol. The lowest BCUT2D eigenvalue weighted by molar-refractivity contribution is -0.121. The van der Waals surface area contributed by atoms with Gasteiger partial charge in [-0.2, -0.15) is 0 Å². The standard InChI is InChI=1S/C37H76N4O2/c1-4-6-8-10-12-14-16-18-20-22-24-26-30-39-36(42)28-33-41(35-32-38-3)34-29-37(43)40-31-27-25-23-21-19-17-15-13-11-9-7-5-2/h38H,4-35H2,1-3H3,(H,39,42)(H,40,43). The van der Waals surface area contributed by atoms with E-state index >= 15 is 0 Å². The van der Waals surface area contributed by atoms with Crippen LogP contribution in [0.15, 0.2) is 0 Å². The second kappa shape index (κ2) is 35.3. The molecule has 3 N–H and O–H groups in total. The minimum Gasteiger partial charge on any atom is -0.356 e. The summed E-state index contributed by atoms with van der Waals surface area (Å²) in [5.41, 5.74) is 0. The first-order chi connectivity index (χ1) is 21.1. The molecule has 0 unspecified atom stereocenters. The van der Waals surface area contributed by atoms with Crippen molar-refractivity contribution in [2.75, 3.05) is 46.3 Å². The Kier molecular flexibility index (Phi) is 34.4. The fourth-order valence-corrected chi connectivity index (χ4v) is 5.69. The molecule has 0 radical (unpaired) electrons. The maximum atomic E-state index is 12.4. The molecule has 0 heterocycles. The van der Waals surface area contributed by atoms with Gasteiger partial charge in [0.15, 0.2) is 0 Å². The van der Waals surface area contributed by atoms with Crippen molar-refractivity contribution in [2.24, 2.45) is 0 Å². The van der Waals surface area contributed by atoms with Crippen LogP contribution in [0.2, 0.25) is 0 Å². The molecule has 0 spiro atoms. The van der Waals surface area contributed by atoms with Crippen LogP contribution in [0.5, 0.6) is 0 Å². The van der Waals surface area contributed by atoms with Crippen molar-refractivity contribution in [3.05, 3.63) is 0 Å². The maximum absolute atomic E-state index is 12.4. The van der Waals surface area contributed by atoms with Crippen molar-refractivity contribution in [3.63, 3.8) is 0 Å². The lowest BCUT2D eigenvalue weighted by Gasteiger charge is -2.21. The van der Waals surface area contributed by atoms with Crippen LogP contribution in [0.1, 0.15) is 181 Å². The largest absolute Gasteiger partial charge is 0.356 e. The Morgan fingerprint density at radius 2 is 0.721 bits per heavy atom. The normalized spacial score (nSPS) is 11.3. The molecule has 256 valence electrons. The van der Waals surface area contributed by atoms with Crippen LogP contribution in [-0.2, 0) is 9.59 Å². The Morgan fingerprint density at radius 3 is 1.02 bits per heavy atom. The van der Waals surface area contributed by atoms with Crippen LogP contribution in [0.4, 0.5) is 0 Å². The fraction of sp³-hybridized carbons (Fsp3) is 0.946. The van der Waals surface area contributed by atoms with E-state index in [1.54, 1.807) is 0 Å². The molecule has 0 bridgehead atoms. The molecule has 0 aromatic carbocycles. The number of nitrogens with one attached hydrogen (secondary N) is 3. The zero-order valence-electron chi connectivity index (χ0n) is 29.4. The SMILES string of the molecule is CCCCCCCCCCCCCCNC(=O)CCN(CCNC)CCC(=O)NCCCCCCCCCCCCCC. The molecule has 43 heavy (non-hydrogen) atoms. The van der Waals surface area contributed by atoms with Crippen LogP contribution >= 0.6 is 0 Å². The van der Waals surface area contributed by atoms with Crippen LogP contribution in [0, 0.1) is 0 Å². The van der Waals surface area contributed by atoms with Crippen LogP contribution < -0.4 is 16.0 Å². The Morgan fingerprint density at radius 1 is 0.419 bits per heavy atom. The van der Waals surface area contributed by atoms with Crippen LogP contribution in [-0.4, -0.2) is 63.0 Å². The van der Waals surface area contributed by atoms with E-state index < -0.39 is 0 Å². The van der Waals surface area contributed by atoms with Crippen molar-refractivity contribution in [2.45, 2.75) is 181 Å². The molecule has 0 aromatic heterocycles. The Balaban J connectivity index is 3.71. The number of nitrogens with zero attached hydrogens (tertiary/aromatic N) is 1. The summed E-state index contributed by atoms with van der Waals surface area (Å²) < 4.78 is 0. The highest BCUT2D eigenvalue weighted by Gasteiger charge is 2.10. The van der Waals surface area contributed by atoms with Crippen molar-refractivity contribution in [1.29, 1.82) is 0 Å². The van der Waals surface area contributed by atoms with E-state index in [4.69, 9.17) is 0 Å². The van der Waals surface area contributed by atoms with Gasteiger partial charge >= 0.3 is 0 Å². The van der Waals surface area contributed by atoms with Gasteiger partial charge in [0, 0.05) is 52.1 Å². The molecule has 6 nitrogen and oxygen atoms in total. The van der Waals surface area contributed by atoms with E-state index in [0.717, 1.165) is 39.0 Å². The Hall–Kier alpha value is -1.14. The Labute approximate surface area is 269 Å². The third-order valence-corrected chi connectivity index (χ3v) is 8.69. The highest BCUT2D eigenvalue weighted by molar-refractivity contribution is 5.76. The van der Waals surface area contributed by atoms with E-state index in [2.05, 4.69) is 34.7 Å². The van der Waals surface area contributed by atoms with E-state index in [1.165, 1.54) is 141 Å². The summed E-state index contributed by atoms with van der Waals surface area (Å²) in [6, 6.07) is 0. The van der Waals surface area contributed by atoms with Gasteiger partial charge in [0.2, 0.25) is 11.8 Å². The zero-order valence-corrected chi connectivity index (χ0v) is 29.4. The summed E-state index contributed by atoms with van der Waals surface area (Å²) in [7, 11) is 1.95. The molecule has 0 saturated carbocycles. The lowest BCUT2D eigenvalue weighted by Crippen LogP contribution is -2.37. The molecule has 0 aliphatic heterocycles. The van der Waals surface area contributed by atoms with Gasteiger partial charge in [-0.25, -0.2) is 0 Å². The first-order valence-electron chi connectivity index (χ1n) is 19.0. The van der Waals surface area contributed by atoms with Gasteiger partial charge in [-0.3, -0.25) is 9.59 Å². The Bertz CT molecular complexity index is 541. The smallest absolute Gasteiger partial charge is 0.221 e. The van der Waals surface area contributed by atoms with Gasteiger partial charge in [-0.15, -0.1) is 0 Å². The highest BCUT2D eigenvalue weighted by Crippen LogP contribution is 2.13. The minimum absolute atomic E-state index is 0.133. The summed E-state index contributed by atoms with van der Waals surface area (Å²) in [5.74, 6) is 0.267. The maximum Gasteiger partial charge on any atom is 0.221 e. The summed E-state index contributed by atoms with van der Waals surface area (Å²) in [4.78, 5) is 27.0. The predicted octanol–water partition coefficient (Wildman–Crippen LogP) is 8.92. The van der Waals surface area contributed by atoms with Crippen molar-refractivity contribution in [1.82, 2.24) is 20.9 Å². The molecule has 2 amide bonds. The van der Waals surface area contributed by atoms with Crippen molar-refractivity contribution >= 4 is 11.8 Å². The number of carbonyl (C=O) groups excluding carboxylic acids is 2. The predicted molar refractivity (Wildman–Crippen MR) is 188 cm³/mol. The van der Waals surface area contributed by atoms with Gasteiger partial charge in [0.05, 0.1) is 0 Å². The number of amides is 2. The second-order valence-corrected chi connectivity index (χ2v) is 12.9. The lowest BCUT2D eigenvalue weighted by atomic mass is 10.1. The summed E-state index contributed by atoms with van der Waals surface area (Å²) in [6.07, 6.45) is 33.0. The van der Waals surface area contributed by atoms with E-state index in [1.807, 2.05) is 7.05 Å². The molecule has 0 aliphatic carbocycles. The minimum atomic E-state index is 0.133. The first-order valence-corrected chi connectivity index (χ1v) is 19.0. The molecular formula is C37H76N4O2. The number of hydrogen-bond acceptors (Lipinski definition) is 4. The third kappa shape index (κ3) is 33.6. The summed E-state index contributed by atoms with van der Waals surface area (Å²) in [5, 5.41) is 9.39. The van der Waals surface area contributed by atoms with Crippen LogP contribution in [0.3, 0.4) is 0 Å². The average Bonchev–Trinajstić information content (AvgIpc) is 3.01. The number of carbonyl (C=O) groups is 2. The molecule has 0 atom stereocenters. The first kappa shape index (κ1) is 41.9.